The minimum absolute atomic E-state index is 0.486. The standard InChI is InChI=1S/C6H5ClINO/c1-10-5-3-2-4(8)6(7)9-5/h2-3H,1H3. The summed E-state index contributed by atoms with van der Waals surface area (Å²) in [5, 5.41) is 0.486. The van der Waals surface area contributed by atoms with Crippen LogP contribution in [0.2, 0.25) is 5.15 Å². The largest absolute Gasteiger partial charge is 0.481 e. The van der Waals surface area contributed by atoms with Gasteiger partial charge in [-0.1, -0.05) is 11.6 Å². The van der Waals surface area contributed by atoms with E-state index in [-0.39, 0.29) is 0 Å². The van der Waals surface area contributed by atoms with Gasteiger partial charge in [-0.15, -0.1) is 0 Å². The van der Waals surface area contributed by atoms with Crippen LogP contribution in [0.5, 0.6) is 5.88 Å². The third-order valence-corrected chi connectivity index (χ3v) is 2.46. The summed E-state index contributed by atoms with van der Waals surface area (Å²) in [5.41, 5.74) is 0. The van der Waals surface area contributed by atoms with Crippen LogP contribution >= 0.6 is 34.2 Å². The Morgan fingerprint density at radius 3 is 2.80 bits per heavy atom. The summed E-state index contributed by atoms with van der Waals surface area (Å²) in [6, 6.07) is 3.63. The zero-order valence-corrected chi connectivity index (χ0v) is 8.18. The predicted molar refractivity (Wildman–Crippen MR) is 48.5 cm³/mol. The van der Waals surface area contributed by atoms with Crippen molar-refractivity contribution in [2.24, 2.45) is 0 Å². The van der Waals surface area contributed by atoms with Crippen LogP contribution < -0.4 is 4.74 Å². The van der Waals surface area contributed by atoms with E-state index in [1.165, 1.54) is 0 Å². The van der Waals surface area contributed by atoms with Gasteiger partial charge in [0.05, 0.1) is 10.7 Å². The quantitative estimate of drug-likeness (QED) is 0.577. The topological polar surface area (TPSA) is 22.1 Å². The highest BCUT2D eigenvalue weighted by Crippen LogP contribution is 2.18. The Kier molecular flexibility index (Phi) is 2.73. The zero-order valence-electron chi connectivity index (χ0n) is 5.27. The molecule has 2 nitrogen and oxygen atoms in total. The lowest BCUT2D eigenvalue weighted by atomic mass is 10.5. The molecular weight excluding hydrogens is 264 g/mol. The molecule has 0 N–H and O–H groups in total. The SMILES string of the molecule is COc1ccc(I)c(Cl)n1. The number of aromatic nitrogens is 1. The molecule has 0 saturated carbocycles. The fourth-order valence-electron chi connectivity index (χ4n) is 0.514. The van der Waals surface area contributed by atoms with Gasteiger partial charge in [0.2, 0.25) is 5.88 Å². The van der Waals surface area contributed by atoms with Gasteiger partial charge in [-0.3, -0.25) is 0 Å². The second-order valence-corrected chi connectivity index (χ2v) is 3.15. The molecule has 0 aliphatic carbocycles. The summed E-state index contributed by atoms with van der Waals surface area (Å²) in [4.78, 5) is 3.93. The first-order chi connectivity index (χ1) is 4.74. The molecule has 0 saturated heterocycles. The van der Waals surface area contributed by atoms with Gasteiger partial charge in [0.1, 0.15) is 5.15 Å². The zero-order chi connectivity index (χ0) is 7.56. The molecule has 1 heterocycles. The molecule has 0 aromatic carbocycles. The van der Waals surface area contributed by atoms with Crippen molar-refractivity contribution in [1.29, 1.82) is 0 Å². The highest BCUT2D eigenvalue weighted by atomic mass is 127. The average Bonchev–Trinajstić information content (AvgIpc) is 1.95. The highest BCUT2D eigenvalue weighted by molar-refractivity contribution is 14.1. The van der Waals surface area contributed by atoms with Crippen molar-refractivity contribution in [2.45, 2.75) is 0 Å². The molecular formula is C6H5ClINO. The molecule has 0 spiro atoms. The Hall–Kier alpha value is -0.0300. The van der Waals surface area contributed by atoms with Gasteiger partial charge in [-0.25, -0.2) is 4.98 Å². The maximum atomic E-state index is 5.69. The van der Waals surface area contributed by atoms with Crippen LogP contribution in [0.25, 0.3) is 0 Å². The molecule has 0 aliphatic rings. The molecule has 0 fully saturated rings. The van der Waals surface area contributed by atoms with Crippen LogP contribution in [0.1, 0.15) is 0 Å². The molecule has 10 heavy (non-hydrogen) atoms. The van der Waals surface area contributed by atoms with Crippen molar-refractivity contribution in [1.82, 2.24) is 4.98 Å². The molecule has 0 bridgehead atoms. The van der Waals surface area contributed by atoms with Crippen molar-refractivity contribution in [3.8, 4) is 5.88 Å². The Bertz CT molecular complexity index is 241. The first-order valence-electron chi connectivity index (χ1n) is 2.60. The summed E-state index contributed by atoms with van der Waals surface area (Å²) in [5.74, 6) is 0.547. The van der Waals surface area contributed by atoms with Gasteiger partial charge in [-0.05, 0) is 28.7 Å². The van der Waals surface area contributed by atoms with Gasteiger partial charge in [0.25, 0.3) is 0 Å². The lowest BCUT2D eigenvalue weighted by Crippen LogP contribution is -1.88. The fraction of sp³-hybridized carbons (Fsp3) is 0.167. The predicted octanol–water partition coefficient (Wildman–Crippen LogP) is 2.35. The number of ether oxygens (including phenoxy) is 1. The van der Waals surface area contributed by atoms with Gasteiger partial charge in [0, 0.05) is 6.07 Å². The average molecular weight is 269 g/mol. The van der Waals surface area contributed by atoms with Crippen LogP contribution in [0.15, 0.2) is 12.1 Å². The Balaban J connectivity index is 3.04. The van der Waals surface area contributed by atoms with Crippen LogP contribution in [0, 0.1) is 3.57 Å². The van der Waals surface area contributed by atoms with E-state index in [1.807, 2.05) is 6.07 Å². The van der Waals surface area contributed by atoms with Crippen molar-refractivity contribution < 1.29 is 4.74 Å². The second-order valence-electron chi connectivity index (χ2n) is 1.63. The highest BCUT2D eigenvalue weighted by Gasteiger charge is 1.98. The molecule has 0 radical (unpaired) electrons. The minimum Gasteiger partial charge on any atom is -0.481 e. The van der Waals surface area contributed by atoms with Crippen molar-refractivity contribution in [3.63, 3.8) is 0 Å². The Morgan fingerprint density at radius 1 is 1.60 bits per heavy atom. The molecule has 54 valence electrons. The smallest absolute Gasteiger partial charge is 0.214 e. The van der Waals surface area contributed by atoms with Crippen LogP contribution in [0.4, 0.5) is 0 Å². The van der Waals surface area contributed by atoms with E-state index in [4.69, 9.17) is 16.3 Å². The monoisotopic (exact) mass is 269 g/mol. The number of rotatable bonds is 1. The van der Waals surface area contributed by atoms with Crippen LogP contribution in [-0.2, 0) is 0 Å². The molecule has 1 rings (SSSR count). The molecule has 1 aromatic heterocycles. The van der Waals surface area contributed by atoms with Gasteiger partial charge in [-0.2, -0.15) is 0 Å². The van der Waals surface area contributed by atoms with Crippen LogP contribution in [0.3, 0.4) is 0 Å². The lowest BCUT2D eigenvalue weighted by molar-refractivity contribution is 0.398. The number of hydrogen-bond acceptors (Lipinski definition) is 2. The van der Waals surface area contributed by atoms with Crippen molar-refractivity contribution in [3.05, 3.63) is 20.9 Å². The molecule has 1 aromatic rings. The molecule has 0 aliphatic heterocycles. The number of nitrogens with zero attached hydrogens (tertiary/aromatic N) is 1. The number of pyridine rings is 1. The Morgan fingerprint density at radius 2 is 2.30 bits per heavy atom. The van der Waals surface area contributed by atoms with Gasteiger partial charge >= 0.3 is 0 Å². The molecule has 0 unspecified atom stereocenters. The van der Waals surface area contributed by atoms with E-state index in [0.29, 0.717) is 11.0 Å². The van der Waals surface area contributed by atoms with E-state index in [2.05, 4.69) is 27.6 Å². The summed E-state index contributed by atoms with van der Waals surface area (Å²) in [7, 11) is 1.56. The third kappa shape index (κ3) is 1.73. The fourth-order valence-corrected chi connectivity index (χ4v) is 0.961. The van der Waals surface area contributed by atoms with E-state index in [0.717, 1.165) is 3.57 Å². The van der Waals surface area contributed by atoms with Crippen molar-refractivity contribution in [2.75, 3.05) is 7.11 Å². The summed E-state index contributed by atoms with van der Waals surface area (Å²) in [6.45, 7) is 0. The van der Waals surface area contributed by atoms with E-state index in [1.54, 1.807) is 13.2 Å². The van der Waals surface area contributed by atoms with E-state index >= 15 is 0 Å². The minimum atomic E-state index is 0.486. The normalized spacial score (nSPS) is 9.50. The van der Waals surface area contributed by atoms with E-state index in [9.17, 15) is 0 Å². The summed E-state index contributed by atoms with van der Waals surface area (Å²) >= 11 is 7.80. The first-order valence-corrected chi connectivity index (χ1v) is 4.05. The van der Waals surface area contributed by atoms with E-state index < -0.39 is 0 Å². The van der Waals surface area contributed by atoms with Gasteiger partial charge < -0.3 is 4.74 Å². The summed E-state index contributed by atoms with van der Waals surface area (Å²) in [6.07, 6.45) is 0. The third-order valence-electron chi connectivity index (χ3n) is 0.987. The maximum Gasteiger partial charge on any atom is 0.214 e. The maximum absolute atomic E-state index is 5.69. The Labute approximate surface area is 77.7 Å². The number of hydrogen-bond donors (Lipinski definition) is 0. The second kappa shape index (κ2) is 3.39. The number of methoxy groups -OCH3 is 1. The lowest BCUT2D eigenvalue weighted by Gasteiger charge is -1.98. The molecule has 4 heteroatoms. The molecule has 0 amide bonds. The summed E-state index contributed by atoms with van der Waals surface area (Å²) < 4.78 is 5.78. The van der Waals surface area contributed by atoms with Gasteiger partial charge in [0.15, 0.2) is 0 Å². The van der Waals surface area contributed by atoms with Crippen LogP contribution in [-0.4, -0.2) is 12.1 Å². The van der Waals surface area contributed by atoms with Crippen molar-refractivity contribution >= 4 is 34.2 Å². The molecule has 0 atom stereocenters. The number of halogens is 2. The first kappa shape index (κ1) is 8.07.